The largest absolute Gasteiger partial charge is 0.472 e. The molecule has 0 aromatic heterocycles. The summed E-state index contributed by atoms with van der Waals surface area (Å²) < 4.78 is 39.7. The van der Waals surface area contributed by atoms with Crippen LogP contribution in [0.2, 0.25) is 0 Å². The summed E-state index contributed by atoms with van der Waals surface area (Å²) in [5, 5.41) is 9.84. The number of rotatable bonds is 59. The van der Waals surface area contributed by atoms with Crippen LogP contribution < -0.4 is 0 Å². The van der Waals surface area contributed by atoms with Gasteiger partial charge in [0.05, 0.1) is 19.8 Å². The Balaban J connectivity index is 4.76. The average molecular weight is 1140 g/mol. The lowest BCUT2D eigenvalue weighted by atomic mass is 10.0. The van der Waals surface area contributed by atoms with Gasteiger partial charge in [-0.3, -0.25) is 23.4 Å². The highest BCUT2D eigenvalue weighted by Gasteiger charge is 2.28. The van der Waals surface area contributed by atoms with Crippen molar-refractivity contribution in [2.24, 2.45) is 0 Å². The molecule has 0 aromatic rings. The second kappa shape index (κ2) is 61.5. The molecule has 11 nitrogen and oxygen atoms in total. The van der Waals surface area contributed by atoms with E-state index >= 15 is 0 Å². The van der Waals surface area contributed by atoms with E-state index < -0.39 is 57.8 Å². The van der Waals surface area contributed by atoms with E-state index in [0.717, 1.165) is 122 Å². The predicted octanol–water partition coefficient (Wildman–Crippen LogP) is 19.6. The molecule has 3 atom stereocenters. The van der Waals surface area contributed by atoms with Crippen LogP contribution in [0.3, 0.4) is 0 Å². The quantitative estimate of drug-likeness (QED) is 0.0197. The molecule has 3 unspecified atom stereocenters. The third kappa shape index (κ3) is 59.0. The second-order valence-corrected chi connectivity index (χ2v) is 22.6. The maximum Gasteiger partial charge on any atom is 0.472 e. The SMILES string of the molecule is CC/C=C\C/C=C\C/C=C\C/C=C\C/C=C\CCCCCC(=O)OCC(COP(=O)(O)OCC(CO)OC(=O)CCCCCCC/C=C\C/C=C\C/C=C\CC)OC(=O)CCCCCCCCCCCCCCCCCCCCC. The molecule has 0 radical (unpaired) electrons. The molecule has 460 valence electrons. The topological polar surface area (TPSA) is 155 Å². The standard InChI is InChI=1S/C68H117O11P/c1-4-7-10-13-16-19-22-25-28-30-32-34-37-39-42-45-48-51-54-57-66(70)75-61-65(79-68(72)59-56-53-50-47-44-41-38-35-33-31-29-26-23-20-17-14-11-8-5-2)63-77-80(73,74)76-62-64(60-69)78-67(71)58-55-52-49-46-43-40-36-27-24-21-18-15-12-9-6-3/h7,9-10,12,16,18-19,21,25,27-28,32,34,36,39,42,64-65,69H,4-6,8,11,13-15,17,20,22-24,26,29-31,33,35,37-38,40-41,43-63H2,1-3H3,(H,73,74)/b10-7-,12-9-,19-16-,21-18-,28-25-,34-32-,36-27-,42-39-. The van der Waals surface area contributed by atoms with E-state index in [-0.39, 0.29) is 25.9 Å². The van der Waals surface area contributed by atoms with Crippen LogP contribution >= 0.6 is 7.82 Å². The molecular formula is C68H117O11P. The lowest BCUT2D eigenvalue weighted by Crippen LogP contribution is -2.30. The molecule has 0 aliphatic rings. The third-order valence-corrected chi connectivity index (χ3v) is 14.5. The Morgan fingerprint density at radius 1 is 0.362 bits per heavy atom. The Bertz CT molecular complexity index is 1710. The van der Waals surface area contributed by atoms with Gasteiger partial charge in [-0.15, -0.1) is 0 Å². The molecule has 0 bridgehead atoms. The maximum absolute atomic E-state index is 13.0. The van der Waals surface area contributed by atoms with Gasteiger partial charge in [0.15, 0.2) is 6.10 Å². The van der Waals surface area contributed by atoms with Crippen LogP contribution in [0.4, 0.5) is 0 Å². The van der Waals surface area contributed by atoms with E-state index in [1.54, 1.807) is 0 Å². The van der Waals surface area contributed by atoms with Crippen LogP contribution in [0, 0.1) is 0 Å². The molecule has 0 saturated heterocycles. The summed E-state index contributed by atoms with van der Waals surface area (Å²) in [5.74, 6) is -1.51. The highest BCUT2D eigenvalue weighted by molar-refractivity contribution is 7.47. The number of phosphoric ester groups is 1. The summed E-state index contributed by atoms with van der Waals surface area (Å²) in [4.78, 5) is 48.8. The van der Waals surface area contributed by atoms with Gasteiger partial charge in [0, 0.05) is 19.3 Å². The van der Waals surface area contributed by atoms with Crippen molar-refractivity contribution in [2.45, 2.75) is 290 Å². The molecule has 0 spiro atoms. The first-order valence-electron chi connectivity index (χ1n) is 32.1. The molecule has 12 heteroatoms. The predicted molar refractivity (Wildman–Crippen MR) is 334 cm³/mol. The number of hydrogen-bond donors (Lipinski definition) is 2. The molecule has 2 N–H and O–H groups in total. The number of unbranched alkanes of at least 4 members (excludes halogenated alkanes) is 26. The Labute approximate surface area is 489 Å². The van der Waals surface area contributed by atoms with Gasteiger partial charge in [-0.05, 0) is 96.3 Å². The van der Waals surface area contributed by atoms with Gasteiger partial charge in [-0.25, -0.2) is 4.57 Å². The van der Waals surface area contributed by atoms with E-state index in [2.05, 4.69) is 118 Å². The Kier molecular flexibility index (Phi) is 58.7. The zero-order chi connectivity index (χ0) is 58.3. The van der Waals surface area contributed by atoms with E-state index in [0.29, 0.717) is 19.3 Å². The molecule has 80 heavy (non-hydrogen) atoms. The van der Waals surface area contributed by atoms with E-state index in [1.807, 2.05) is 0 Å². The second-order valence-electron chi connectivity index (χ2n) is 21.2. The highest BCUT2D eigenvalue weighted by atomic mass is 31.2. The zero-order valence-electron chi connectivity index (χ0n) is 51.0. The Hall–Kier alpha value is -3.60. The Morgan fingerprint density at radius 3 is 1.01 bits per heavy atom. The summed E-state index contributed by atoms with van der Waals surface area (Å²) in [6, 6.07) is 0. The van der Waals surface area contributed by atoms with Gasteiger partial charge in [0.2, 0.25) is 0 Å². The van der Waals surface area contributed by atoms with Crippen LogP contribution in [-0.2, 0) is 42.2 Å². The van der Waals surface area contributed by atoms with Crippen molar-refractivity contribution in [1.82, 2.24) is 0 Å². The van der Waals surface area contributed by atoms with Crippen molar-refractivity contribution in [3.63, 3.8) is 0 Å². The normalized spacial score (nSPS) is 13.9. The number of phosphoric acid groups is 1. The summed E-state index contributed by atoms with van der Waals surface area (Å²) in [7, 11) is -4.77. The summed E-state index contributed by atoms with van der Waals surface area (Å²) >= 11 is 0. The van der Waals surface area contributed by atoms with Gasteiger partial charge >= 0.3 is 25.7 Å². The van der Waals surface area contributed by atoms with Crippen molar-refractivity contribution in [3.8, 4) is 0 Å². The van der Waals surface area contributed by atoms with Crippen LogP contribution in [0.1, 0.15) is 278 Å². The van der Waals surface area contributed by atoms with Crippen molar-refractivity contribution >= 4 is 25.7 Å². The van der Waals surface area contributed by atoms with Gasteiger partial charge in [-0.1, -0.05) is 259 Å². The molecule has 0 aliphatic heterocycles. The number of carbonyl (C=O) groups excluding carboxylic acids is 3. The monoisotopic (exact) mass is 1140 g/mol. The molecule has 0 aromatic carbocycles. The minimum Gasteiger partial charge on any atom is -0.462 e. The summed E-state index contributed by atoms with van der Waals surface area (Å²) in [6.07, 6.45) is 73.6. The maximum atomic E-state index is 13.0. The molecule has 0 amide bonds. The number of esters is 3. The number of aliphatic hydroxyl groups is 1. The first-order chi connectivity index (χ1) is 39.2. The summed E-state index contributed by atoms with van der Waals surface area (Å²) in [6.45, 7) is 4.40. The Morgan fingerprint density at radius 2 is 0.650 bits per heavy atom. The van der Waals surface area contributed by atoms with Gasteiger partial charge in [-0.2, -0.15) is 0 Å². The molecule has 0 rings (SSSR count). The number of aliphatic hydroxyl groups excluding tert-OH is 1. The minimum absolute atomic E-state index is 0.153. The van der Waals surface area contributed by atoms with Gasteiger partial charge in [0.25, 0.3) is 0 Å². The van der Waals surface area contributed by atoms with Crippen LogP contribution in [0.5, 0.6) is 0 Å². The van der Waals surface area contributed by atoms with Crippen molar-refractivity contribution in [1.29, 1.82) is 0 Å². The first-order valence-corrected chi connectivity index (χ1v) is 33.6. The minimum atomic E-state index is -4.77. The zero-order valence-corrected chi connectivity index (χ0v) is 51.9. The molecular weight excluding hydrogens is 1020 g/mol. The molecule has 0 aliphatic carbocycles. The van der Waals surface area contributed by atoms with Crippen molar-refractivity contribution < 1.29 is 52.2 Å². The molecule has 0 heterocycles. The fourth-order valence-corrected chi connectivity index (χ4v) is 9.48. The van der Waals surface area contributed by atoms with Gasteiger partial charge in [0.1, 0.15) is 12.7 Å². The van der Waals surface area contributed by atoms with Crippen LogP contribution in [0.25, 0.3) is 0 Å². The lowest BCUT2D eigenvalue weighted by molar-refractivity contribution is -0.161. The van der Waals surface area contributed by atoms with E-state index in [1.165, 1.54) is 96.3 Å². The third-order valence-electron chi connectivity index (χ3n) is 13.5. The van der Waals surface area contributed by atoms with Crippen LogP contribution in [0.15, 0.2) is 97.2 Å². The highest BCUT2D eigenvalue weighted by Crippen LogP contribution is 2.43. The summed E-state index contributed by atoms with van der Waals surface area (Å²) in [5.41, 5.74) is 0. The number of carbonyl (C=O) groups is 3. The smallest absolute Gasteiger partial charge is 0.462 e. The van der Waals surface area contributed by atoms with Crippen LogP contribution in [-0.4, -0.2) is 66.5 Å². The lowest BCUT2D eigenvalue weighted by Gasteiger charge is -2.21. The van der Waals surface area contributed by atoms with Crippen molar-refractivity contribution in [2.75, 3.05) is 26.4 Å². The van der Waals surface area contributed by atoms with Crippen molar-refractivity contribution in [3.05, 3.63) is 97.2 Å². The first kappa shape index (κ1) is 76.4. The fourth-order valence-electron chi connectivity index (χ4n) is 8.69. The van der Waals surface area contributed by atoms with E-state index in [4.69, 9.17) is 23.3 Å². The van der Waals surface area contributed by atoms with E-state index in [9.17, 15) is 28.9 Å². The van der Waals surface area contributed by atoms with Gasteiger partial charge < -0.3 is 24.2 Å². The number of allylic oxidation sites excluding steroid dienone is 16. The molecule has 0 saturated carbocycles. The fraction of sp³-hybridized carbons (Fsp3) is 0.721. The average Bonchev–Trinajstić information content (AvgIpc) is 3.45. The molecule has 0 fully saturated rings. The number of ether oxygens (including phenoxy) is 3. The number of hydrogen-bond acceptors (Lipinski definition) is 10.